The van der Waals surface area contributed by atoms with Crippen LogP contribution in [0, 0.1) is 47.3 Å². The van der Waals surface area contributed by atoms with Gasteiger partial charge in [-0.2, -0.15) is 0 Å². The molecule has 186 valence electrons. The van der Waals surface area contributed by atoms with Crippen molar-refractivity contribution in [2.24, 2.45) is 57.3 Å². The molecule has 2 nitrogen and oxygen atoms in total. The first kappa shape index (κ1) is 28.9. The Balaban J connectivity index is 0.00000480. The van der Waals surface area contributed by atoms with Crippen LogP contribution >= 0.6 is 0 Å². The van der Waals surface area contributed by atoms with Crippen molar-refractivity contribution in [3.63, 3.8) is 0 Å². The molecule has 2 aliphatic carbocycles. The zero-order chi connectivity index (χ0) is 22.6. The average molecular weight is 477 g/mol. The Hall–Kier alpha value is -0.166. The van der Waals surface area contributed by atoms with Crippen molar-refractivity contribution in [2.75, 3.05) is 0 Å². The first-order valence-electron chi connectivity index (χ1n) is 13.1. The van der Waals surface area contributed by atoms with Crippen LogP contribution in [0.25, 0.3) is 0 Å². The summed E-state index contributed by atoms with van der Waals surface area (Å²) in [5.41, 5.74) is 2.41. The molecule has 2 aliphatic rings. The SMILES string of the molecule is CC(=NC1C(C(C)C)CCCC1C(C)C)C(C)=NC1C(C(C)C)CCCC1C(C)C.[NiH2]. The Kier molecular flexibility index (Phi) is 12.0. The maximum absolute atomic E-state index is 5.43. The van der Waals surface area contributed by atoms with Gasteiger partial charge >= 0.3 is 16.5 Å². The van der Waals surface area contributed by atoms with E-state index >= 15 is 0 Å². The molecule has 3 heteroatoms. The zero-order valence-electron chi connectivity index (χ0n) is 22.3. The van der Waals surface area contributed by atoms with Crippen molar-refractivity contribution < 1.29 is 16.5 Å². The maximum atomic E-state index is 5.43. The normalized spacial score (nSPS) is 33.4. The summed E-state index contributed by atoms with van der Waals surface area (Å²) in [4.78, 5) is 10.9. The molecular weight excluding hydrogens is 423 g/mol. The van der Waals surface area contributed by atoms with Gasteiger partial charge in [-0.3, -0.25) is 9.98 Å². The minimum atomic E-state index is 0. The van der Waals surface area contributed by atoms with Crippen LogP contribution in [0.2, 0.25) is 0 Å². The molecule has 31 heavy (non-hydrogen) atoms. The summed E-state index contributed by atoms with van der Waals surface area (Å²) >= 11 is 0. The second-order valence-electron chi connectivity index (χ2n) is 11.9. The summed E-state index contributed by atoms with van der Waals surface area (Å²) in [5, 5.41) is 0. The third-order valence-corrected chi connectivity index (χ3v) is 8.54. The van der Waals surface area contributed by atoms with Crippen molar-refractivity contribution in [2.45, 2.75) is 120 Å². The molecule has 0 spiro atoms. The van der Waals surface area contributed by atoms with E-state index in [1.807, 2.05) is 0 Å². The average Bonchev–Trinajstić information content (AvgIpc) is 2.67. The van der Waals surface area contributed by atoms with Crippen LogP contribution in [0.15, 0.2) is 9.98 Å². The van der Waals surface area contributed by atoms with Crippen LogP contribution in [-0.2, 0) is 16.5 Å². The molecule has 0 amide bonds. The van der Waals surface area contributed by atoms with Crippen molar-refractivity contribution >= 4 is 11.4 Å². The van der Waals surface area contributed by atoms with Gasteiger partial charge in [0.1, 0.15) is 0 Å². The summed E-state index contributed by atoms with van der Waals surface area (Å²) in [6.07, 6.45) is 8.10. The molecule has 0 heterocycles. The predicted octanol–water partition coefficient (Wildman–Crippen LogP) is 7.56. The fraction of sp³-hybridized carbons (Fsp3) is 0.929. The van der Waals surface area contributed by atoms with Gasteiger partial charge in [-0.05, 0) is 86.9 Å². The molecule has 2 fully saturated rings. The Bertz CT molecular complexity index is 506. The predicted molar refractivity (Wildman–Crippen MR) is 138 cm³/mol. The Morgan fingerprint density at radius 3 is 0.935 bits per heavy atom. The van der Waals surface area contributed by atoms with E-state index in [0.29, 0.717) is 35.8 Å². The second kappa shape index (κ2) is 12.9. The van der Waals surface area contributed by atoms with Gasteiger partial charge in [-0.25, -0.2) is 0 Å². The van der Waals surface area contributed by atoms with Gasteiger partial charge in [0.2, 0.25) is 0 Å². The van der Waals surface area contributed by atoms with E-state index in [0.717, 1.165) is 23.7 Å². The fourth-order valence-corrected chi connectivity index (χ4v) is 6.42. The minimum absolute atomic E-state index is 0. The number of aliphatic imine (C=N–C) groups is 2. The molecule has 2 saturated carbocycles. The van der Waals surface area contributed by atoms with Crippen molar-refractivity contribution in [3.8, 4) is 0 Å². The van der Waals surface area contributed by atoms with Crippen LogP contribution in [0.5, 0.6) is 0 Å². The molecular formula is C28H54N2Ni. The van der Waals surface area contributed by atoms with Crippen LogP contribution in [0.1, 0.15) is 108 Å². The van der Waals surface area contributed by atoms with E-state index in [2.05, 4.69) is 69.2 Å². The van der Waals surface area contributed by atoms with E-state index in [4.69, 9.17) is 9.98 Å². The van der Waals surface area contributed by atoms with Gasteiger partial charge < -0.3 is 0 Å². The van der Waals surface area contributed by atoms with E-state index in [9.17, 15) is 0 Å². The van der Waals surface area contributed by atoms with Gasteiger partial charge in [0.25, 0.3) is 0 Å². The van der Waals surface area contributed by atoms with Crippen LogP contribution in [0.3, 0.4) is 0 Å². The third-order valence-electron chi connectivity index (χ3n) is 8.54. The molecule has 4 unspecified atom stereocenters. The van der Waals surface area contributed by atoms with Gasteiger partial charge in [0, 0.05) is 0 Å². The summed E-state index contributed by atoms with van der Waals surface area (Å²) < 4.78 is 0. The molecule has 0 radical (unpaired) electrons. The topological polar surface area (TPSA) is 24.7 Å². The van der Waals surface area contributed by atoms with Crippen LogP contribution in [-0.4, -0.2) is 23.5 Å². The van der Waals surface area contributed by atoms with Gasteiger partial charge in [0.15, 0.2) is 0 Å². The number of hydrogen-bond acceptors (Lipinski definition) is 2. The Morgan fingerprint density at radius 2 is 0.742 bits per heavy atom. The quantitative estimate of drug-likeness (QED) is 0.267. The molecule has 0 N–H and O–H groups in total. The monoisotopic (exact) mass is 476 g/mol. The van der Waals surface area contributed by atoms with E-state index in [1.165, 1.54) is 49.9 Å². The molecule has 0 aromatic heterocycles. The summed E-state index contributed by atoms with van der Waals surface area (Å²) in [5.74, 6) is 5.70. The van der Waals surface area contributed by atoms with Crippen LogP contribution in [0.4, 0.5) is 0 Å². The number of nitrogens with zero attached hydrogens (tertiary/aromatic N) is 2. The molecule has 0 saturated heterocycles. The number of rotatable bonds is 7. The van der Waals surface area contributed by atoms with Crippen LogP contribution < -0.4 is 0 Å². The summed E-state index contributed by atoms with van der Waals surface area (Å²) in [6.45, 7) is 23.7. The van der Waals surface area contributed by atoms with E-state index in [-0.39, 0.29) is 16.5 Å². The molecule has 0 aliphatic heterocycles. The van der Waals surface area contributed by atoms with E-state index in [1.54, 1.807) is 0 Å². The Morgan fingerprint density at radius 1 is 0.516 bits per heavy atom. The van der Waals surface area contributed by atoms with Gasteiger partial charge in [-0.1, -0.05) is 68.2 Å². The molecule has 0 bridgehead atoms. The molecule has 4 atom stereocenters. The second-order valence-corrected chi connectivity index (χ2v) is 11.9. The zero-order valence-corrected chi connectivity index (χ0v) is 23.4. The third kappa shape index (κ3) is 7.41. The number of hydrogen-bond donors (Lipinski definition) is 0. The summed E-state index contributed by atoms with van der Waals surface area (Å²) in [7, 11) is 0. The van der Waals surface area contributed by atoms with Gasteiger partial charge in [-0.15, -0.1) is 0 Å². The van der Waals surface area contributed by atoms with Crippen molar-refractivity contribution in [1.82, 2.24) is 0 Å². The Labute approximate surface area is 204 Å². The van der Waals surface area contributed by atoms with Crippen molar-refractivity contribution in [3.05, 3.63) is 0 Å². The van der Waals surface area contributed by atoms with E-state index < -0.39 is 0 Å². The molecule has 0 aromatic rings. The fourth-order valence-electron chi connectivity index (χ4n) is 6.42. The van der Waals surface area contributed by atoms with Gasteiger partial charge in [0.05, 0.1) is 23.5 Å². The first-order chi connectivity index (χ1) is 14.0. The summed E-state index contributed by atoms with van der Waals surface area (Å²) in [6, 6.07) is 0.939. The first-order valence-corrected chi connectivity index (χ1v) is 13.1. The molecule has 0 aromatic carbocycles. The van der Waals surface area contributed by atoms with Crippen molar-refractivity contribution in [1.29, 1.82) is 0 Å². The standard InChI is InChI=1S/C28H52N2.Ni.2H/c1-17(2)23-13-11-14-24(18(3)4)27(23)29-21(9)22(10)30-28-25(19(5)6)15-12-16-26(28)20(7)8;;;/h17-20,23-28H,11-16H2,1-10H3;;;. The molecule has 2 rings (SSSR count).